The first-order valence-corrected chi connectivity index (χ1v) is 11.9. The van der Waals surface area contributed by atoms with Gasteiger partial charge in [-0.05, 0) is 42.0 Å². The van der Waals surface area contributed by atoms with E-state index in [0.717, 1.165) is 29.7 Å². The zero-order chi connectivity index (χ0) is 23.4. The molecule has 0 aliphatic carbocycles. The fourth-order valence-electron chi connectivity index (χ4n) is 4.84. The number of amides is 3. The summed E-state index contributed by atoms with van der Waals surface area (Å²) in [7, 11) is 0. The molecule has 0 aromatic heterocycles. The average Bonchev–Trinajstić information content (AvgIpc) is 2.83. The smallest absolute Gasteiger partial charge is 0.245 e. The number of hydrogen-bond acceptors (Lipinski definition) is 3. The minimum Gasteiger partial charge on any atom is -0.340 e. The first-order chi connectivity index (χ1) is 15.9. The van der Waals surface area contributed by atoms with E-state index in [2.05, 4.69) is 5.32 Å². The van der Waals surface area contributed by atoms with Gasteiger partial charge >= 0.3 is 0 Å². The van der Waals surface area contributed by atoms with Crippen LogP contribution in [0, 0.1) is 11.8 Å². The number of anilines is 1. The van der Waals surface area contributed by atoms with Gasteiger partial charge in [0.2, 0.25) is 17.7 Å². The standard InChI is InChI=1S/C27H33N3O3/c1-19(2)15-25(31)30-18-21-10-7-6-9-20(21)16-24(30)27(33)29-14-8-11-22(17-29)26(32)28-23-12-4-3-5-13-23/h3-7,9-10,12-13,19,22,24H,8,11,14-18H2,1-2H3,(H,28,32). The highest BCUT2D eigenvalue weighted by molar-refractivity contribution is 5.94. The van der Waals surface area contributed by atoms with Gasteiger partial charge < -0.3 is 15.1 Å². The third-order valence-corrected chi connectivity index (χ3v) is 6.58. The van der Waals surface area contributed by atoms with Crippen molar-refractivity contribution >= 4 is 23.4 Å². The zero-order valence-electron chi connectivity index (χ0n) is 19.5. The molecular formula is C27H33N3O3. The Kier molecular flexibility index (Phi) is 7.11. The van der Waals surface area contributed by atoms with E-state index in [0.29, 0.717) is 32.5 Å². The summed E-state index contributed by atoms with van der Waals surface area (Å²) in [4.78, 5) is 43.2. The number of para-hydroxylation sites is 1. The van der Waals surface area contributed by atoms with Crippen LogP contribution in [0.4, 0.5) is 5.69 Å². The van der Waals surface area contributed by atoms with Crippen molar-refractivity contribution in [1.29, 1.82) is 0 Å². The Morgan fingerprint density at radius 3 is 2.42 bits per heavy atom. The summed E-state index contributed by atoms with van der Waals surface area (Å²) in [6.45, 7) is 5.52. The normalized spacial score (nSPS) is 20.3. The van der Waals surface area contributed by atoms with E-state index in [-0.39, 0.29) is 29.6 Å². The molecule has 2 aliphatic heterocycles. The fraction of sp³-hybridized carbons (Fsp3) is 0.444. The van der Waals surface area contributed by atoms with Crippen LogP contribution in [0.3, 0.4) is 0 Å². The van der Waals surface area contributed by atoms with Crippen molar-refractivity contribution in [2.24, 2.45) is 11.8 Å². The highest BCUT2D eigenvalue weighted by Gasteiger charge is 2.39. The van der Waals surface area contributed by atoms with E-state index in [9.17, 15) is 14.4 Å². The van der Waals surface area contributed by atoms with Crippen LogP contribution >= 0.6 is 0 Å². The third-order valence-electron chi connectivity index (χ3n) is 6.58. The van der Waals surface area contributed by atoms with Gasteiger partial charge in [0.15, 0.2) is 0 Å². The number of carbonyl (C=O) groups excluding carboxylic acids is 3. The van der Waals surface area contributed by atoms with Gasteiger partial charge in [-0.1, -0.05) is 56.3 Å². The lowest BCUT2D eigenvalue weighted by atomic mass is 9.91. The molecule has 2 unspecified atom stereocenters. The number of piperidine rings is 1. The Hall–Kier alpha value is -3.15. The maximum atomic E-state index is 13.7. The zero-order valence-corrected chi connectivity index (χ0v) is 19.5. The maximum Gasteiger partial charge on any atom is 0.245 e. The van der Waals surface area contributed by atoms with Crippen LogP contribution in [0.5, 0.6) is 0 Å². The van der Waals surface area contributed by atoms with Crippen molar-refractivity contribution in [3.05, 3.63) is 65.7 Å². The van der Waals surface area contributed by atoms with Gasteiger partial charge in [0.25, 0.3) is 0 Å². The lowest BCUT2D eigenvalue weighted by molar-refractivity contribution is -0.149. The number of hydrogen-bond donors (Lipinski definition) is 1. The number of benzene rings is 2. The number of carbonyl (C=O) groups is 3. The molecule has 0 bridgehead atoms. The third kappa shape index (κ3) is 5.44. The van der Waals surface area contributed by atoms with Crippen LogP contribution in [0.25, 0.3) is 0 Å². The lowest BCUT2D eigenvalue weighted by Gasteiger charge is -2.41. The summed E-state index contributed by atoms with van der Waals surface area (Å²) in [6.07, 6.45) is 2.48. The first kappa shape index (κ1) is 23.0. The summed E-state index contributed by atoms with van der Waals surface area (Å²) in [6, 6.07) is 16.9. The first-order valence-electron chi connectivity index (χ1n) is 11.9. The molecule has 1 N–H and O–H groups in total. The molecule has 0 radical (unpaired) electrons. The molecule has 4 rings (SSSR count). The van der Waals surface area contributed by atoms with Gasteiger partial charge in [-0.2, -0.15) is 0 Å². The van der Waals surface area contributed by atoms with Crippen molar-refractivity contribution in [3.8, 4) is 0 Å². The molecule has 2 aromatic carbocycles. The summed E-state index contributed by atoms with van der Waals surface area (Å²) >= 11 is 0. The van der Waals surface area contributed by atoms with Crippen LogP contribution in [-0.4, -0.2) is 46.7 Å². The summed E-state index contributed by atoms with van der Waals surface area (Å²) in [5.41, 5.74) is 3.00. The highest BCUT2D eigenvalue weighted by Crippen LogP contribution is 2.28. The molecule has 174 valence electrons. The Balaban J connectivity index is 1.49. The molecule has 1 fully saturated rings. The molecule has 2 aromatic rings. The maximum absolute atomic E-state index is 13.7. The van der Waals surface area contributed by atoms with Crippen LogP contribution in [0.15, 0.2) is 54.6 Å². The number of fused-ring (bicyclic) bond motifs is 1. The van der Waals surface area contributed by atoms with Gasteiger partial charge in [-0.3, -0.25) is 14.4 Å². The van der Waals surface area contributed by atoms with Crippen molar-refractivity contribution in [2.45, 2.75) is 52.1 Å². The van der Waals surface area contributed by atoms with E-state index in [1.165, 1.54) is 0 Å². The second kappa shape index (κ2) is 10.2. The van der Waals surface area contributed by atoms with Crippen molar-refractivity contribution < 1.29 is 14.4 Å². The Morgan fingerprint density at radius 2 is 1.70 bits per heavy atom. The quantitative estimate of drug-likeness (QED) is 0.757. The SMILES string of the molecule is CC(C)CC(=O)N1Cc2ccccc2CC1C(=O)N1CCCC(C(=O)Nc2ccccc2)C1. The second-order valence-corrected chi connectivity index (χ2v) is 9.59. The van der Waals surface area contributed by atoms with Crippen molar-refractivity contribution in [2.75, 3.05) is 18.4 Å². The Morgan fingerprint density at radius 1 is 1.00 bits per heavy atom. The molecule has 2 atom stereocenters. The molecule has 1 saturated heterocycles. The Bertz CT molecular complexity index is 1000. The van der Waals surface area contributed by atoms with E-state index in [4.69, 9.17) is 0 Å². The van der Waals surface area contributed by atoms with Crippen LogP contribution < -0.4 is 5.32 Å². The summed E-state index contributed by atoms with van der Waals surface area (Å²) in [5.74, 6) is -0.0995. The minimum atomic E-state index is -0.512. The number of nitrogens with zero attached hydrogens (tertiary/aromatic N) is 2. The van der Waals surface area contributed by atoms with E-state index < -0.39 is 6.04 Å². The number of rotatable bonds is 5. The van der Waals surface area contributed by atoms with Crippen LogP contribution in [-0.2, 0) is 27.3 Å². The topological polar surface area (TPSA) is 69.7 Å². The fourth-order valence-corrected chi connectivity index (χ4v) is 4.84. The highest BCUT2D eigenvalue weighted by atomic mass is 16.2. The molecule has 2 heterocycles. The summed E-state index contributed by atoms with van der Waals surface area (Å²) < 4.78 is 0. The van der Waals surface area contributed by atoms with Crippen molar-refractivity contribution in [3.63, 3.8) is 0 Å². The Labute approximate surface area is 196 Å². The van der Waals surface area contributed by atoms with Gasteiger partial charge in [0.1, 0.15) is 6.04 Å². The second-order valence-electron chi connectivity index (χ2n) is 9.59. The van der Waals surface area contributed by atoms with Crippen LogP contribution in [0.1, 0.15) is 44.2 Å². The van der Waals surface area contributed by atoms with E-state index >= 15 is 0 Å². The molecule has 0 saturated carbocycles. The number of likely N-dealkylation sites (tertiary alicyclic amines) is 1. The van der Waals surface area contributed by atoms with Crippen molar-refractivity contribution in [1.82, 2.24) is 9.80 Å². The molecule has 33 heavy (non-hydrogen) atoms. The van der Waals surface area contributed by atoms with Crippen LogP contribution in [0.2, 0.25) is 0 Å². The molecular weight excluding hydrogens is 414 g/mol. The predicted molar refractivity (Wildman–Crippen MR) is 128 cm³/mol. The minimum absolute atomic E-state index is 0.0215. The monoisotopic (exact) mass is 447 g/mol. The molecule has 3 amide bonds. The molecule has 6 heteroatoms. The van der Waals surface area contributed by atoms with Gasteiger partial charge in [0.05, 0.1) is 5.92 Å². The van der Waals surface area contributed by atoms with Gasteiger partial charge in [-0.25, -0.2) is 0 Å². The molecule has 0 spiro atoms. The largest absolute Gasteiger partial charge is 0.340 e. The van der Waals surface area contributed by atoms with Gasteiger partial charge in [-0.15, -0.1) is 0 Å². The van der Waals surface area contributed by atoms with E-state index in [1.807, 2.05) is 68.4 Å². The predicted octanol–water partition coefficient (Wildman–Crippen LogP) is 3.86. The number of nitrogens with one attached hydrogen (secondary N) is 1. The molecule has 2 aliphatic rings. The average molecular weight is 448 g/mol. The van der Waals surface area contributed by atoms with Gasteiger partial charge in [0, 0.05) is 38.2 Å². The summed E-state index contributed by atoms with van der Waals surface area (Å²) in [5, 5.41) is 2.97. The van der Waals surface area contributed by atoms with E-state index in [1.54, 1.807) is 9.80 Å². The lowest BCUT2D eigenvalue weighted by Crippen LogP contribution is -2.56. The molecule has 6 nitrogen and oxygen atoms in total.